The molecule has 20 heavy (non-hydrogen) atoms. The van der Waals surface area contributed by atoms with Crippen LogP contribution >= 0.6 is 0 Å². The van der Waals surface area contributed by atoms with Crippen molar-refractivity contribution in [1.29, 1.82) is 0 Å². The molecular weight excluding hydrogens is 261 g/mol. The van der Waals surface area contributed by atoms with Crippen molar-refractivity contribution < 1.29 is 13.9 Å². The van der Waals surface area contributed by atoms with E-state index in [1.807, 2.05) is 13.8 Å². The molecule has 6 heteroatoms. The number of nitrogens with zero attached hydrogens (tertiary/aromatic N) is 2. The van der Waals surface area contributed by atoms with E-state index < -0.39 is 5.82 Å². The van der Waals surface area contributed by atoms with Crippen LogP contribution in [0.5, 0.6) is 11.5 Å². The minimum absolute atomic E-state index is 0.0215. The molecule has 0 amide bonds. The van der Waals surface area contributed by atoms with Gasteiger partial charge in [0.25, 0.3) is 0 Å². The highest BCUT2D eigenvalue weighted by molar-refractivity contribution is 5.65. The van der Waals surface area contributed by atoms with Gasteiger partial charge in [0.05, 0.1) is 19.4 Å². The second-order valence-corrected chi connectivity index (χ2v) is 3.95. The van der Waals surface area contributed by atoms with Crippen molar-refractivity contribution in [3.8, 4) is 22.8 Å². The fraction of sp³-hybridized carbons (Fsp3) is 0.286. The monoisotopic (exact) mass is 277 g/mol. The van der Waals surface area contributed by atoms with Gasteiger partial charge >= 0.3 is 0 Å². The number of nitrogens with two attached hydrogens (primary N) is 1. The Balaban J connectivity index is 2.46. The number of benzene rings is 1. The number of halogens is 1. The minimum Gasteiger partial charge on any atom is -0.490 e. The molecule has 0 aliphatic heterocycles. The Labute approximate surface area is 116 Å². The molecule has 0 atom stereocenters. The molecule has 0 spiro atoms. The summed E-state index contributed by atoms with van der Waals surface area (Å²) in [6, 6.07) is 5.11. The standard InChI is InChI=1S/C14H16FN3O2/c1-3-19-11-6-5-9(7-12(11)20-4-2)13-10(15)8-17-14(16)18-13/h5-8H,3-4H2,1-2H3,(H2,16,17,18). The van der Waals surface area contributed by atoms with Crippen molar-refractivity contribution in [2.45, 2.75) is 13.8 Å². The van der Waals surface area contributed by atoms with Gasteiger partial charge in [0.15, 0.2) is 17.3 Å². The predicted octanol–water partition coefficient (Wildman–Crippen LogP) is 2.66. The lowest BCUT2D eigenvalue weighted by molar-refractivity contribution is 0.288. The van der Waals surface area contributed by atoms with Crippen LogP contribution < -0.4 is 15.2 Å². The van der Waals surface area contributed by atoms with Gasteiger partial charge in [-0.3, -0.25) is 0 Å². The molecule has 1 aromatic carbocycles. The summed E-state index contributed by atoms with van der Waals surface area (Å²) in [6.45, 7) is 4.76. The van der Waals surface area contributed by atoms with Crippen LogP contribution in [0.1, 0.15) is 13.8 Å². The van der Waals surface area contributed by atoms with Crippen molar-refractivity contribution >= 4 is 5.95 Å². The van der Waals surface area contributed by atoms with Gasteiger partial charge in [-0.15, -0.1) is 0 Å². The van der Waals surface area contributed by atoms with E-state index in [2.05, 4.69) is 9.97 Å². The van der Waals surface area contributed by atoms with E-state index in [0.29, 0.717) is 30.3 Å². The number of nitrogen functional groups attached to an aromatic ring is 1. The molecule has 2 N–H and O–H groups in total. The summed E-state index contributed by atoms with van der Waals surface area (Å²) in [6.07, 6.45) is 1.05. The summed E-state index contributed by atoms with van der Waals surface area (Å²) in [5, 5.41) is 0. The molecule has 0 bridgehead atoms. The van der Waals surface area contributed by atoms with E-state index in [9.17, 15) is 4.39 Å². The first-order valence-electron chi connectivity index (χ1n) is 6.33. The number of aromatic nitrogens is 2. The molecule has 5 nitrogen and oxygen atoms in total. The Kier molecular flexibility index (Phi) is 4.34. The fourth-order valence-electron chi connectivity index (χ4n) is 1.78. The molecular formula is C14H16FN3O2. The molecule has 1 aromatic heterocycles. The molecule has 0 fully saturated rings. The molecule has 1 heterocycles. The van der Waals surface area contributed by atoms with Crippen molar-refractivity contribution in [3.63, 3.8) is 0 Å². The zero-order valence-electron chi connectivity index (χ0n) is 11.4. The van der Waals surface area contributed by atoms with Crippen LogP contribution in [0.4, 0.5) is 10.3 Å². The molecule has 0 aliphatic carbocycles. The van der Waals surface area contributed by atoms with Crippen LogP contribution in [-0.2, 0) is 0 Å². The molecule has 2 aromatic rings. The maximum atomic E-state index is 13.8. The topological polar surface area (TPSA) is 70.3 Å². The third-order valence-corrected chi connectivity index (χ3v) is 2.58. The van der Waals surface area contributed by atoms with E-state index in [0.717, 1.165) is 6.20 Å². The van der Waals surface area contributed by atoms with Gasteiger partial charge in [-0.1, -0.05) is 0 Å². The van der Waals surface area contributed by atoms with Crippen molar-refractivity contribution in [2.75, 3.05) is 18.9 Å². The third kappa shape index (κ3) is 2.96. The fourth-order valence-corrected chi connectivity index (χ4v) is 1.78. The minimum atomic E-state index is -0.536. The summed E-state index contributed by atoms with van der Waals surface area (Å²) in [5.74, 6) is 0.642. The second kappa shape index (κ2) is 6.18. The smallest absolute Gasteiger partial charge is 0.220 e. The van der Waals surface area contributed by atoms with Gasteiger partial charge in [-0.05, 0) is 32.0 Å². The normalized spacial score (nSPS) is 10.3. The first-order valence-corrected chi connectivity index (χ1v) is 6.33. The van der Waals surface area contributed by atoms with Crippen LogP contribution in [0, 0.1) is 5.82 Å². The van der Waals surface area contributed by atoms with Gasteiger partial charge in [0, 0.05) is 5.56 Å². The highest BCUT2D eigenvalue weighted by Gasteiger charge is 2.12. The van der Waals surface area contributed by atoms with E-state index in [1.165, 1.54) is 0 Å². The van der Waals surface area contributed by atoms with Crippen LogP contribution in [0.2, 0.25) is 0 Å². The largest absolute Gasteiger partial charge is 0.490 e. The van der Waals surface area contributed by atoms with E-state index in [1.54, 1.807) is 18.2 Å². The highest BCUT2D eigenvalue weighted by atomic mass is 19.1. The third-order valence-electron chi connectivity index (χ3n) is 2.58. The molecule has 0 saturated heterocycles. The molecule has 0 radical (unpaired) electrons. The highest BCUT2D eigenvalue weighted by Crippen LogP contribution is 2.33. The summed E-state index contributed by atoms with van der Waals surface area (Å²) in [7, 11) is 0. The Bertz CT molecular complexity index is 605. The zero-order chi connectivity index (χ0) is 14.5. The number of hydrogen-bond acceptors (Lipinski definition) is 5. The molecule has 0 unspecified atom stereocenters. The first-order chi connectivity index (χ1) is 9.65. The van der Waals surface area contributed by atoms with E-state index >= 15 is 0 Å². The lowest BCUT2D eigenvalue weighted by Gasteiger charge is -2.12. The second-order valence-electron chi connectivity index (χ2n) is 3.95. The Hall–Kier alpha value is -2.37. The van der Waals surface area contributed by atoms with Gasteiger partial charge < -0.3 is 15.2 Å². The van der Waals surface area contributed by atoms with Gasteiger partial charge in [-0.2, -0.15) is 0 Å². The van der Waals surface area contributed by atoms with E-state index in [-0.39, 0.29) is 11.6 Å². The van der Waals surface area contributed by atoms with Crippen molar-refractivity contribution in [2.24, 2.45) is 0 Å². The van der Waals surface area contributed by atoms with Crippen molar-refractivity contribution in [3.05, 3.63) is 30.2 Å². The lowest BCUT2D eigenvalue weighted by Crippen LogP contribution is -2.01. The maximum absolute atomic E-state index is 13.8. The number of ether oxygens (including phenoxy) is 2. The van der Waals surface area contributed by atoms with Gasteiger partial charge in [0.1, 0.15) is 5.69 Å². The Morgan fingerprint density at radius 2 is 1.85 bits per heavy atom. The molecule has 106 valence electrons. The van der Waals surface area contributed by atoms with Gasteiger partial charge in [-0.25, -0.2) is 14.4 Å². The Morgan fingerprint density at radius 1 is 1.15 bits per heavy atom. The number of anilines is 1. The molecule has 0 aliphatic rings. The SMILES string of the molecule is CCOc1ccc(-c2nc(N)ncc2F)cc1OCC. The zero-order valence-corrected chi connectivity index (χ0v) is 11.4. The van der Waals surface area contributed by atoms with Crippen LogP contribution in [0.3, 0.4) is 0 Å². The van der Waals surface area contributed by atoms with E-state index in [4.69, 9.17) is 15.2 Å². The summed E-state index contributed by atoms with van der Waals surface area (Å²) in [4.78, 5) is 7.52. The number of rotatable bonds is 5. The Morgan fingerprint density at radius 3 is 2.55 bits per heavy atom. The van der Waals surface area contributed by atoms with Crippen LogP contribution in [-0.4, -0.2) is 23.2 Å². The quantitative estimate of drug-likeness (QED) is 0.909. The average molecular weight is 277 g/mol. The lowest BCUT2D eigenvalue weighted by atomic mass is 10.1. The summed E-state index contributed by atoms with van der Waals surface area (Å²) >= 11 is 0. The average Bonchev–Trinajstić information content (AvgIpc) is 2.44. The molecule has 0 saturated carbocycles. The summed E-state index contributed by atoms with van der Waals surface area (Å²) in [5.41, 5.74) is 6.19. The first kappa shape index (κ1) is 14.0. The van der Waals surface area contributed by atoms with Crippen LogP contribution in [0.15, 0.2) is 24.4 Å². The number of hydrogen-bond donors (Lipinski definition) is 1. The molecule has 2 rings (SSSR count). The van der Waals surface area contributed by atoms with Crippen LogP contribution in [0.25, 0.3) is 11.3 Å². The predicted molar refractivity (Wildman–Crippen MR) is 74.2 cm³/mol. The maximum Gasteiger partial charge on any atom is 0.220 e. The van der Waals surface area contributed by atoms with Gasteiger partial charge in [0.2, 0.25) is 5.95 Å². The van der Waals surface area contributed by atoms with Crippen molar-refractivity contribution in [1.82, 2.24) is 9.97 Å². The summed E-state index contributed by atoms with van der Waals surface area (Å²) < 4.78 is 24.7.